The number of aliphatic hydroxyl groups is 3. The van der Waals surface area contributed by atoms with Gasteiger partial charge in [0.15, 0.2) is 6.29 Å². The first-order valence-corrected chi connectivity index (χ1v) is 21.5. The molecule has 0 saturated carbocycles. The van der Waals surface area contributed by atoms with E-state index in [4.69, 9.17) is 40.1 Å². The van der Waals surface area contributed by atoms with Gasteiger partial charge in [0, 0.05) is 48.0 Å². The number of oxime groups is 1. The number of cyclic esters (lactones) is 1. The van der Waals surface area contributed by atoms with E-state index in [9.17, 15) is 29.3 Å². The number of nitrogens with zero attached hydrogens (tertiary/aromatic N) is 2. The van der Waals surface area contributed by atoms with E-state index in [1.807, 2.05) is 38.9 Å². The normalized spacial score (nSPS) is 36.2. The molecule has 0 spiro atoms. The minimum absolute atomic E-state index is 0.00427. The van der Waals surface area contributed by atoms with E-state index in [-0.39, 0.29) is 38.1 Å². The smallest absolute Gasteiger partial charge is 0.407 e. The number of rotatable bonds is 11. The molecule has 2 aliphatic rings. The number of alkyl carbamates (subject to hydrolysis) is 1. The number of amides is 1. The van der Waals surface area contributed by atoms with E-state index in [1.54, 1.807) is 52.8 Å². The van der Waals surface area contributed by atoms with Crippen molar-refractivity contribution in [3.05, 3.63) is 70.5 Å². The number of nitrogens with one attached hydrogen (secondary N) is 1. The molecule has 342 valence electrons. The second-order valence-corrected chi connectivity index (χ2v) is 17.8. The SMILES string of the molecule is CC[C@H]1OC(=O)[C@H](C)[C@@H](OC(=O)NCc2ccc(F)cc2)[C@H](C)[C@@H](O[C@@H]2O[C@H](C)C[C@H](N(C)C)[C@H]2O)[C@](C)(OC)C[C@@H](C)/C(=N/OCc2ccccc2Cl)[C@H](C)[C@@H](O)[C@]1(C)O. The van der Waals surface area contributed by atoms with Crippen molar-refractivity contribution in [3.63, 3.8) is 0 Å². The number of ether oxygens (including phenoxy) is 5. The highest BCUT2D eigenvalue weighted by atomic mass is 35.5. The van der Waals surface area contributed by atoms with E-state index in [0.29, 0.717) is 28.3 Å². The van der Waals surface area contributed by atoms with Gasteiger partial charge in [0.25, 0.3) is 0 Å². The van der Waals surface area contributed by atoms with Crippen LogP contribution in [-0.4, -0.2) is 119 Å². The van der Waals surface area contributed by atoms with Crippen molar-refractivity contribution in [1.82, 2.24) is 10.2 Å². The number of methoxy groups -OCH3 is 1. The van der Waals surface area contributed by atoms with Gasteiger partial charge in [-0.3, -0.25) is 4.79 Å². The number of halogens is 2. The molecule has 4 rings (SSSR count). The van der Waals surface area contributed by atoms with Crippen LogP contribution in [0.25, 0.3) is 0 Å². The van der Waals surface area contributed by atoms with Gasteiger partial charge < -0.3 is 54.1 Å². The summed E-state index contributed by atoms with van der Waals surface area (Å²) in [7, 11) is 5.23. The molecule has 2 aromatic carbocycles. The Balaban J connectivity index is 1.85. The molecule has 2 aromatic rings. The van der Waals surface area contributed by atoms with Crippen molar-refractivity contribution in [3.8, 4) is 0 Å². The summed E-state index contributed by atoms with van der Waals surface area (Å²) in [6.45, 7) is 13.7. The lowest BCUT2D eigenvalue weighted by molar-refractivity contribution is -0.301. The van der Waals surface area contributed by atoms with Crippen LogP contribution in [0.5, 0.6) is 0 Å². The maximum Gasteiger partial charge on any atom is 0.407 e. The molecular formula is C45H67ClFN3O11. The molecule has 16 heteroatoms. The maximum absolute atomic E-state index is 14.3. The number of carbonyl (C=O) groups is 2. The van der Waals surface area contributed by atoms with Crippen LogP contribution in [0.2, 0.25) is 5.02 Å². The fraction of sp³-hybridized carbons (Fsp3) is 0.667. The van der Waals surface area contributed by atoms with Gasteiger partial charge in [-0.15, -0.1) is 0 Å². The van der Waals surface area contributed by atoms with Gasteiger partial charge in [-0.05, 0) is 84.8 Å². The minimum atomic E-state index is -1.99. The summed E-state index contributed by atoms with van der Waals surface area (Å²) in [4.78, 5) is 35.8. The first-order chi connectivity index (χ1) is 28.6. The molecule has 14 atom stereocenters. The highest BCUT2D eigenvalue weighted by Crippen LogP contribution is 2.40. The lowest BCUT2D eigenvalue weighted by Gasteiger charge is -2.48. The van der Waals surface area contributed by atoms with Crippen LogP contribution in [-0.2, 0) is 46.5 Å². The summed E-state index contributed by atoms with van der Waals surface area (Å²) >= 11 is 6.42. The van der Waals surface area contributed by atoms with E-state index < -0.39 is 89.6 Å². The first kappa shape index (κ1) is 50.2. The van der Waals surface area contributed by atoms with Crippen molar-refractivity contribution < 1.29 is 57.8 Å². The summed E-state index contributed by atoms with van der Waals surface area (Å²) in [5.74, 6) is -4.67. The number of likely N-dealkylation sites (N-methyl/N-ethyl adjacent to an activating group) is 1. The third-order valence-corrected chi connectivity index (χ3v) is 12.8. The second kappa shape index (κ2) is 21.8. The summed E-state index contributed by atoms with van der Waals surface area (Å²) in [6.07, 6.45) is -7.71. The number of aliphatic hydroxyl groups excluding tert-OH is 2. The Morgan fingerprint density at radius 1 is 1.05 bits per heavy atom. The van der Waals surface area contributed by atoms with Crippen LogP contribution >= 0.6 is 11.6 Å². The molecule has 2 fully saturated rings. The fourth-order valence-corrected chi connectivity index (χ4v) is 8.89. The topological polar surface area (TPSA) is 178 Å². The summed E-state index contributed by atoms with van der Waals surface area (Å²) in [6, 6.07) is 12.4. The largest absolute Gasteiger partial charge is 0.459 e. The van der Waals surface area contributed by atoms with Crippen LogP contribution in [0, 0.1) is 29.5 Å². The zero-order valence-electron chi connectivity index (χ0n) is 37.3. The van der Waals surface area contributed by atoms with E-state index in [1.165, 1.54) is 38.3 Å². The zero-order valence-corrected chi connectivity index (χ0v) is 38.1. The number of benzene rings is 2. The summed E-state index contributed by atoms with van der Waals surface area (Å²) in [5, 5.41) is 43.5. The van der Waals surface area contributed by atoms with Gasteiger partial charge in [0.05, 0.1) is 35.5 Å². The predicted octanol–water partition coefficient (Wildman–Crippen LogP) is 6.24. The van der Waals surface area contributed by atoms with Gasteiger partial charge in [0.1, 0.15) is 36.3 Å². The molecule has 0 bridgehead atoms. The molecule has 0 aliphatic carbocycles. The number of esters is 1. The Morgan fingerprint density at radius 3 is 2.31 bits per heavy atom. The number of hydrogen-bond donors (Lipinski definition) is 4. The molecular weight excluding hydrogens is 813 g/mol. The molecule has 0 unspecified atom stereocenters. The molecule has 0 aromatic heterocycles. The first-order valence-electron chi connectivity index (χ1n) is 21.1. The van der Waals surface area contributed by atoms with Crippen LogP contribution < -0.4 is 5.32 Å². The van der Waals surface area contributed by atoms with E-state index in [2.05, 4.69) is 10.5 Å². The maximum atomic E-state index is 14.3. The average molecular weight is 880 g/mol. The van der Waals surface area contributed by atoms with Crippen molar-refractivity contribution in [1.29, 1.82) is 0 Å². The van der Waals surface area contributed by atoms with Crippen molar-refractivity contribution in [2.24, 2.45) is 28.8 Å². The molecule has 61 heavy (non-hydrogen) atoms. The van der Waals surface area contributed by atoms with Gasteiger partial charge in [-0.2, -0.15) is 0 Å². The fourth-order valence-electron chi connectivity index (χ4n) is 8.70. The Hall–Kier alpha value is -3.41. The van der Waals surface area contributed by atoms with E-state index in [0.717, 1.165) is 0 Å². The molecule has 4 N–H and O–H groups in total. The quantitative estimate of drug-likeness (QED) is 0.148. The van der Waals surface area contributed by atoms with Crippen molar-refractivity contribution in [2.45, 2.75) is 148 Å². The molecule has 0 radical (unpaired) electrons. The summed E-state index contributed by atoms with van der Waals surface area (Å²) < 4.78 is 45.3. The second-order valence-electron chi connectivity index (χ2n) is 17.4. The molecule has 2 heterocycles. The predicted molar refractivity (Wildman–Crippen MR) is 228 cm³/mol. The molecule has 2 saturated heterocycles. The van der Waals surface area contributed by atoms with Gasteiger partial charge in [0.2, 0.25) is 0 Å². The standard InChI is InChI=1S/C45H67ClFN3O11/c1-12-35-45(8,55)39(52)27(4)36(49-57-24-31-15-13-14-16-33(31)46)25(2)22-44(7,56-11)40(61-42-37(51)34(50(9)10)21-26(3)58-42)28(5)38(29(6)41(53)59-35)60-43(54)48-23-30-17-19-32(47)20-18-30/h13-20,25-29,34-35,37-40,42,51-52,55H,12,21-24H2,1-11H3,(H,48,54)/b49-36-/t25-,26-,27+,28+,29-,34+,35-,37-,38+,39-,40-,42+,44-,45-/m1/s1. The van der Waals surface area contributed by atoms with Crippen LogP contribution in [0.1, 0.15) is 85.8 Å². The van der Waals surface area contributed by atoms with Gasteiger partial charge in [-0.25, -0.2) is 9.18 Å². The molecule has 2 aliphatic heterocycles. The Bertz CT molecular complexity index is 1770. The Kier molecular flexibility index (Phi) is 17.9. The van der Waals surface area contributed by atoms with Crippen molar-refractivity contribution >= 4 is 29.4 Å². The van der Waals surface area contributed by atoms with E-state index >= 15 is 0 Å². The van der Waals surface area contributed by atoms with Crippen LogP contribution in [0.15, 0.2) is 53.7 Å². The number of hydrogen-bond acceptors (Lipinski definition) is 13. The highest BCUT2D eigenvalue weighted by molar-refractivity contribution is 6.31. The highest BCUT2D eigenvalue weighted by Gasteiger charge is 2.52. The molecule has 14 nitrogen and oxygen atoms in total. The zero-order chi connectivity index (χ0) is 45.4. The van der Waals surface area contributed by atoms with Crippen LogP contribution in [0.3, 0.4) is 0 Å². The Morgan fingerprint density at radius 2 is 1.70 bits per heavy atom. The average Bonchev–Trinajstić information content (AvgIpc) is 3.22. The number of carbonyl (C=O) groups excluding carboxylic acids is 2. The third-order valence-electron chi connectivity index (χ3n) is 12.5. The lowest BCUT2D eigenvalue weighted by Crippen LogP contribution is -2.60. The Labute approximate surface area is 365 Å². The third kappa shape index (κ3) is 12.4. The van der Waals surface area contributed by atoms with Crippen molar-refractivity contribution in [2.75, 3.05) is 21.2 Å². The minimum Gasteiger partial charge on any atom is -0.459 e. The summed E-state index contributed by atoms with van der Waals surface area (Å²) in [5.41, 5.74) is -1.64. The molecule has 1 amide bonds. The monoisotopic (exact) mass is 879 g/mol. The lowest BCUT2D eigenvalue weighted by atomic mass is 9.73. The van der Waals surface area contributed by atoms with Gasteiger partial charge >= 0.3 is 12.1 Å². The van der Waals surface area contributed by atoms with Crippen LogP contribution in [0.4, 0.5) is 9.18 Å². The van der Waals surface area contributed by atoms with Gasteiger partial charge in [-0.1, -0.05) is 74.8 Å².